The van der Waals surface area contributed by atoms with Crippen LogP contribution in [0.4, 0.5) is 0 Å². The van der Waals surface area contributed by atoms with Crippen molar-refractivity contribution in [2.75, 3.05) is 13.7 Å². The molecule has 0 aliphatic rings. The second-order valence-electron chi connectivity index (χ2n) is 4.69. The monoisotopic (exact) mass is 290 g/mol. The van der Waals surface area contributed by atoms with Crippen LogP contribution in [0.1, 0.15) is 12.0 Å². The highest BCUT2D eigenvalue weighted by molar-refractivity contribution is 5.86. The number of carbonyl (C=O) groups is 2. The highest BCUT2D eigenvalue weighted by Gasteiger charge is 2.20. The van der Waals surface area contributed by atoms with Crippen LogP contribution >= 0.6 is 0 Å². The average molecular weight is 290 g/mol. The molecule has 0 saturated carbocycles. The summed E-state index contributed by atoms with van der Waals surface area (Å²) < 4.78 is 4.49. The number of esters is 1. The molecule has 2 rings (SSSR count). The quantitative estimate of drug-likeness (QED) is 0.685. The number of methoxy groups -OCH3 is 1. The third-order valence-electron chi connectivity index (χ3n) is 3.30. The zero-order valence-corrected chi connectivity index (χ0v) is 11.8. The summed E-state index contributed by atoms with van der Waals surface area (Å²) in [6.07, 6.45) is 2.66. The van der Waals surface area contributed by atoms with E-state index in [2.05, 4.69) is 15.0 Å². The summed E-state index contributed by atoms with van der Waals surface area (Å²) in [5, 5.41) is 12.6. The summed E-state index contributed by atoms with van der Waals surface area (Å²) in [5.41, 5.74) is 2.06. The number of amides is 1. The summed E-state index contributed by atoms with van der Waals surface area (Å²) in [6, 6.07) is 6.84. The third kappa shape index (κ3) is 3.61. The summed E-state index contributed by atoms with van der Waals surface area (Å²) in [4.78, 5) is 26.3. The lowest BCUT2D eigenvalue weighted by atomic mass is 10.1. The van der Waals surface area contributed by atoms with Crippen LogP contribution in [0.5, 0.6) is 0 Å². The van der Waals surface area contributed by atoms with Gasteiger partial charge < -0.3 is 20.1 Å². The molecule has 0 bridgehead atoms. The van der Waals surface area contributed by atoms with Crippen molar-refractivity contribution in [2.45, 2.75) is 18.9 Å². The van der Waals surface area contributed by atoms with Crippen LogP contribution in [0.2, 0.25) is 0 Å². The first-order valence-corrected chi connectivity index (χ1v) is 6.68. The van der Waals surface area contributed by atoms with E-state index in [4.69, 9.17) is 5.11 Å². The van der Waals surface area contributed by atoms with Crippen LogP contribution in [-0.4, -0.2) is 41.7 Å². The highest BCUT2D eigenvalue weighted by Crippen LogP contribution is 2.18. The number of rotatable bonds is 6. The number of ether oxygens (including phenoxy) is 1. The Balaban J connectivity index is 1.93. The van der Waals surface area contributed by atoms with Crippen LogP contribution in [-0.2, 0) is 20.7 Å². The molecule has 1 unspecified atom stereocenters. The lowest BCUT2D eigenvalue weighted by molar-refractivity contribution is -0.146. The van der Waals surface area contributed by atoms with E-state index in [-0.39, 0.29) is 12.3 Å². The maximum atomic E-state index is 11.8. The number of para-hydroxylation sites is 1. The number of carbonyl (C=O) groups excluding carboxylic acids is 2. The molecule has 112 valence electrons. The largest absolute Gasteiger partial charge is 0.467 e. The van der Waals surface area contributed by atoms with Crippen molar-refractivity contribution in [3.05, 3.63) is 36.0 Å². The number of H-pyrrole nitrogens is 1. The highest BCUT2D eigenvalue weighted by atomic mass is 16.5. The summed E-state index contributed by atoms with van der Waals surface area (Å²) in [7, 11) is 1.21. The van der Waals surface area contributed by atoms with Gasteiger partial charge in [-0.3, -0.25) is 4.79 Å². The van der Waals surface area contributed by atoms with Gasteiger partial charge in [0.25, 0.3) is 0 Å². The Morgan fingerprint density at radius 1 is 1.38 bits per heavy atom. The number of aliphatic hydroxyl groups excluding tert-OH is 1. The molecule has 0 aliphatic carbocycles. The first-order valence-electron chi connectivity index (χ1n) is 6.68. The molecular weight excluding hydrogens is 272 g/mol. The number of aliphatic hydroxyl groups is 1. The Labute approximate surface area is 122 Å². The van der Waals surface area contributed by atoms with Crippen molar-refractivity contribution in [3.8, 4) is 0 Å². The number of aromatic nitrogens is 1. The Kier molecular flexibility index (Phi) is 4.94. The summed E-state index contributed by atoms with van der Waals surface area (Å²) in [5.74, 6) is -0.956. The second-order valence-corrected chi connectivity index (χ2v) is 4.69. The van der Waals surface area contributed by atoms with E-state index in [0.717, 1.165) is 16.5 Å². The minimum atomic E-state index is -1.01. The predicted molar refractivity (Wildman–Crippen MR) is 77.7 cm³/mol. The number of hydrogen-bond donors (Lipinski definition) is 3. The van der Waals surface area contributed by atoms with Gasteiger partial charge in [-0.15, -0.1) is 0 Å². The average Bonchev–Trinajstić information content (AvgIpc) is 2.93. The molecule has 6 heteroatoms. The first kappa shape index (κ1) is 15.1. The SMILES string of the molecule is COC(=O)C(CO)NC(=O)CCc1c[nH]c2ccccc12. The number of hydrogen-bond acceptors (Lipinski definition) is 4. The molecule has 1 heterocycles. The minimum absolute atomic E-state index is 0.231. The first-order chi connectivity index (χ1) is 10.2. The maximum absolute atomic E-state index is 11.8. The lowest BCUT2D eigenvalue weighted by Crippen LogP contribution is -2.44. The number of aromatic amines is 1. The third-order valence-corrected chi connectivity index (χ3v) is 3.30. The topological polar surface area (TPSA) is 91.4 Å². The standard InChI is InChI=1S/C15H18N2O4/c1-21-15(20)13(9-18)17-14(19)7-6-10-8-16-12-5-3-2-4-11(10)12/h2-5,8,13,16,18H,6-7,9H2,1H3,(H,17,19). The number of aryl methyl sites for hydroxylation is 1. The van der Waals surface area contributed by atoms with E-state index < -0.39 is 18.6 Å². The molecule has 1 aromatic carbocycles. The Hall–Kier alpha value is -2.34. The van der Waals surface area contributed by atoms with Gasteiger partial charge in [0.2, 0.25) is 5.91 Å². The normalized spacial score (nSPS) is 12.1. The summed E-state index contributed by atoms with van der Waals surface area (Å²) >= 11 is 0. The number of benzene rings is 1. The minimum Gasteiger partial charge on any atom is -0.467 e. The van der Waals surface area contributed by atoms with Crippen molar-refractivity contribution in [1.82, 2.24) is 10.3 Å². The predicted octanol–water partition coefficient (Wildman–Crippen LogP) is 0.751. The molecule has 0 spiro atoms. The molecule has 0 saturated heterocycles. The molecule has 1 atom stereocenters. The number of fused-ring (bicyclic) bond motifs is 1. The molecule has 1 amide bonds. The van der Waals surface area contributed by atoms with Gasteiger partial charge in [0.15, 0.2) is 6.04 Å². The zero-order valence-electron chi connectivity index (χ0n) is 11.8. The van der Waals surface area contributed by atoms with Gasteiger partial charge >= 0.3 is 5.97 Å². The molecule has 0 radical (unpaired) electrons. The van der Waals surface area contributed by atoms with Gasteiger partial charge in [-0.05, 0) is 18.1 Å². The van der Waals surface area contributed by atoms with Gasteiger partial charge in [-0.25, -0.2) is 4.79 Å². The molecule has 0 fully saturated rings. The van der Waals surface area contributed by atoms with E-state index in [9.17, 15) is 9.59 Å². The fraction of sp³-hybridized carbons (Fsp3) is 0.333. The van der Waals surface area contributed by atoms with Gasteiger partial charge in [0.05, 0.1) is 13.7 Å². The fourth-order valence-corrected chi connectivity index (χ4v) is 2.17. The van der Waals surface area contributed by atoms with Crippen LogP contribution in [0.15, 0.2) is 30.5 Å². The molecule has 0 aliphatic heterocycles. The molecule has 1 aromatic heterocycles. The van der Waals surface area contributed by atoms with Crippen molar-refractivity contribution in [2.24, 2.45) is 0 Å². The summed E-state index contributed by atoms with van der Waals surface area (Å²) in [6.45, 7) is -0.481. The van der Waals surface area contributed by atoms with Crippen molar-refractivity contribution in [3.63, 3.8) is 0 Å². The second kappa shape index (κ2) is 6.90. The van der Waals surface area contributed by atoms with E-state index in [1.54, 1.807) is 0 Å². The molecule has 3 N–H and O–H groups in total. The zero-order chi connectivity index (χ0) is 15.2. The van der Waals surface area contributed by atoms with Crippen molar-refractivity contribution in [1.29, 1.82) is 0 Å². The van der Waals surface area contributed by atoms with Gasteiger partial charge in [-0.1, -0.05) is 18.2 Å². The van der Waals surface area contributed by atoms with Crippen LogP contribution < -0.4 is 5.32 Å². The van der Waals surface area contributed by atoms with Crippen molar-refractivity contribution < 1.29 is 19.4 Å². The van der Waals surface area contributed by atoms with Crippen LogP contribution in [0.25, 0.3) is 10.9 Å². The Bertz CT molecular complexity index is 635. The molecule has 21 heavy (non-hydrogen) atoms. The smallest absolute Gasteiger partial charge is 0.330 e. The fourth-order valence-electron chi connectivity index (χ4n) is 2.17. The van der Waals surface area contributed by atoms with Gasteiger partial charge in [0, 0.05) is 23.5 Å². The van der Waals surface area contributed by atoms with Crippen LogP contribution in [0, 0.1) is 0 Å². The van der Waals surface area contributed by atoms with E-state index >= 15 is 0 Å². The molecular formula is C15H18N2O4. The van der Waals surface area contributed by atoms with Crippen LogP contribution in [0.3, 0.4) is 0 Å². The van der Waals surface area contributed by atoms with E-state index in [1.165, 1.54) is 7.11 Å². The number of nitrogens with one attached hydrogen (secondary N) is 2. The Morgan fingerprint density at radius 3 is 2.86 bits per heavy atom. The van der Waals surface area contributed by atoms with E-state index in [1.807, 2.05) is 30.5 Å². The Morgan fingerprint density at radius 2 is 2.14 bits per heavy atom. The van der Waals surface area contributed by atoms with Gasteiger partial charge in [0.1, 0.15) is 0 Å². The van der Waals surface area contributed by atoms with Gasteiger partial charge in [-0.2, -0.15) is 0 Å². The lowest BCUT2D eigenvalue weighted by Gasteiger charge is -2.13. The molecule has 2 aromatic rings. The van der Waals surface area contributed by atoms with E-state index in [0.29, 0.717) is 6.42 Å². The molecule has 6 nitrogen and oxygen atoms in total. The van der Waals surface area contributed by atoms with Crippen molar-refractivity contribution >= 4 is 22.8 Å². The maximum Gasteiger partial charge on any atom is 0.330 e.